The molecule has 0 radical (unpaired) electrons. The Bertz CT molecular complexity index is 370. The lowest BCUT2D eigenvalue weighted by molar-refractivity contribution is -0.142. The number of esters is 1. The summed E-state index contributed by atoms with van der Waals surface area (Å²) in [4.78, 5) is 35.7. The molecule has 2 heterocycles. The van der Waals surface area contributed by atoms with Gasteiger partial charge in [0.25, 0.3) is 5.91 Å². The van der Waals surface area contributed by atoms with Crippen molar-refractivity contribution in [3.05, 3.63) is 0 Å². The van der Waals surface area contributed by atoms with E-state index in [1.165, 1.54) is 12.0 Å². The Morgan fingerprint density at radius 3 is 2.75 bits per heavy atom. The van der Waals surface area contributed by atoms with Gasteiger partial charge in [-0.25, -0.2) is 4.79 Å². The number of ether oxygens (including phenoxy) is 1. The van der Waals surface area contributed by atoms with E-state index < -0.39 is 23.6 Å². The van der Waals surface area contributed by atoms with Crippen LogP contribution in [0.5, 0.6) is 0 Å². The predicted octanol–water partition coefficient (Wildman–Crippen LogP) is -1.56. The van der Waals surface area contributed by atoms with E-state index in [9.17, 15) is 14.4 Å². The van der Waals surface area contributed by atoms with Gasteiger partial charge < -0.3 is 15.0 Å². The molecule has 0 saturated carbocycles. The average Bonchev–Trinajstić information content (AvgIpc) is 2.79. The molecule has 0 aliphatic carbocycles. The molecule has 2 N–H and O–H groups in total. The van der Waals surface area contributed by atoms with Gasteiger partial charge in [0.05, 0.1) is 7.11 Å². The largest absolute Gasteiger partial charge is 0.468 e. The molecule has 3 amide bonds. The third kappa shape index (κ3) is 1.28. The number of urea groups is 1. The molecule has 0 aromatic rings. The lowest BCUT2D eigenvalue weighted by Gasteiger charge is -2.26. The summed E-state index contributed by atoms with van der Waals surface area (Å²) in [5.41, 5.74) is -0.948. The van der Waals surface area contributed by atoms with Gasteiger partial charge in [-0.15, -0.1) is 0 Å². The highest BCUT2D eigenvalue weighted by atomic mass is 16.5. The molecule has 88 valence electrons. The molecule has 1 unspecified atom stereocenters. The molecule has 2 saturated heterocycles. The Kier molecular flexibility index (Phi) is 2.34. The molecule has 7 nitrogen and oxygen atoms in total. The number of amides is 3. The number of hydrogen-bond donors (Lipinski definition) is 2. The van der Waals surface area contributed by atoms with Crippen molar-refractivity contribution >= 4 is 17.9 Å². The highest BCUT2D eigenvalue weighted by Crippen LogP contribution is 2.30. The lowest BCUT2D eigenvalue weighted by Crippen LogP contribution is -2.49. The quantitative estimate of drug-likeness (QED) is 0.418. The topological polar surface area (TPSA) is 87.7 Å². The van der Waals surface area contributed by atoms with E-state index >= 15 is 0 Å². The van der Waals surface area contributed by atoms with E-state index in [4.69, 9.17) is 0 Å². The SMILES string of the molecule is COC(=O)[C@@H]1CC2(CN1)C(=O)NC(=O)N2C. The zero-order valence-corrected chi connectivity index (χ0v) is 9.07. The Balaban J connectivity index is 2.20. The summed E-state index contributed by atoms with van der Waals surface area (Å²) < 4.78 is 4.60. The van der Waals surface area contributed by atoms with Crippen LogP contribution in [0, 0.1) is 0 Å². The van der Waals surface area contributed by atoms with Crippen LogP contribution in [0.4, 0.5) is 4.79 Å². The highest BCUT2D eigenvalue weighted by molar-refractivity contribution is 6.07. The fraction of sp³-hybridized carbons (Fsp3) is 0.667. The lowest BCUT2D eigenvalue weighted by atomic mass is 9.95. The minimum atomic E-state index is -0.948. The van der Waals surface area contributed by atoms with Gasteiger partial charge in [-0.3, -0.25) is 14.9 Å². The van der Waals surface area contributed by atoms with Gasteiger partial charge in [0.1, 0.15) is 11.6 Å². The Morgan fingerprint density at radius 1 is 1.56 bits per heavy atom. The number of nitrogens with zero attached hydrogens (tertiary/aromatic N) is 1. The maximum atomic E-state index is 11.7. The number of methoxy groups -OCH3 is 1. The van der Waals surface area contributed by atoms with Gasteiger partial charge >= 0.3 is 12.0 Å². The fourth-order valence-corrected chi connectivity index (χ4v) is 2.16. The van der Waals surface area contributed by atoms with Gasteiger partial charge in [0, 0.05) is 20.0 Å². The smallest absolute Gasteiger partial charge is 0.324 e. The fourth-order valence-electron chi connectivity index (χ4n) is 2.16. The minimum Gasteiger partial charge on any atom is -0.468 e. The van der Waals surface area contributed by atoms with Crippen LogP contribution in [0.2, 0.25) is 0 Å². The Morgan fingerprint density at radius 2 is 2.25 bits per heavy atom. The zero-order chi connectivity index (χ0) is 11.9. The highest BCUT2D eigenvalue weighted by Gasteiger charge is 2.56. The number of nitrogens with one attached hydrogen (secondary N) is 2. The molecule has 2 atom stereocenters. The van der Waals surface area contributed by atoms with Crippen molar-refractivity contribution in [2.45, 2.75) is 18.0 Å². The summed E-state index contributed by atoms with van der Waals surface area (Å²) in [6, 6.07) is -0.971. The van der Waals surface area contributed by atoms with Gasteiger partial charge in [-0.2, -0.15) is 0 Å². The normalized spacial score (nSPS) is 33.4. The average molecular weight is 227 g/mol. The number of rotatable bonds is 1. The predicted molar refractivity (Wildman–Crippen MR) is 52.5 cm³/mol. The van der Waals surface area contributed by atoms with Crippen LogP contribution < -0.4 is 10.6 Å². The molecule has 0 aromatic heterocycles. The van der Waals surface area contributed by atoms with Crippen LogP contribution in [0.1, 0.15) is 6.42 Å². The van der Waals surface area contributed by atoms with Crippen molar-refractivity contribution in [2.24, 2.45) is 0 Å². The van der Waals surface area contributed by atoms with E-state index in [1.807, 2.05) is 0 Å². The summed E-state index contributed by atoms with van der Waals surface area (Å²) in [5, 5.41) is 5.12. The molecular weight excluding hydrogens is 214 g/mol. The third-order valence-electron chi connectivity index (χ3n) is 3.26. The van der Waals surface area contributed by atoms with E-state index in [0.717, 1.165) is 0 Å². The Hall–Kier alpha value is -1.63. The van der Waals surface area contributed by atoms with Crippen molar-refractivity contribution in [2.75, 3.05) is 20.7 Å². The summed E-state index contributed by atoms with van der Waals surface area (Å²) in [5.74, 6) is -0.781. The number of likely N-dealkylation sites (N-methyl/N-ethyl adjacent to an activating group) is 1. The summed E-state index contributed by atoms with van der Waals surface area (Å²) in [6.07, 6.45) is 0.244. The molecule has 7 heteroatoms. The zero-order valence-electron chi connectivity index (χ0n) is 9.07. The van der Waals surface area contributed by atoms with E-state index in [-0.39, 0.29) is 18.9 Å². The molecule has 0 bridgehead atoms. The first kappa shape index (κ1) is 10.9. The van der Waals surface area contributed by atoms with Gasteiger partial charge in [-0.1, -0.05) is 0 Å². The van der Waals surface area contributed by atoms with Gasteiger partial charge in [-0.05, 0) is 0 Å². The molecular formula is C9H13N3O4. The summed E-state index contributed by atoms with van der Waals surface area (Å²) >= 11 is 0. The maximum absolute atomic E-state index is 11.7. The molecule has 2 aliphatic heterocycles. The van der Waals surface area contributed by atoms with Crippen LogP contribution in [0.3, 0.4) is 0 Å². The monoisotopic (exact) mass is 227 g/mol. The van der Waals surface area contributed by atoms with E-state index in [2.05, 4.69) is 15.4 Å². The maximum Gasteiger partial charge on any atom is 0.324 e. The molecule has 1 spiro atoms. The van der Waals surface area contributed by atoms with Crippen LogP contribution in [0.25, 0.3) is 0 Å². The number of imide groups is 1. The van der Waals surface area contributed by atoms with E-state index in [1.54, 1.807) is 7.05 Å². The van der Waals surface area contributed by atoms with Crippen LogP contribution in [-0.4, -0.2) is 55.1 Å². The van der Waals surface area contributed by atoms with Crippen LogP contribution in [-0.2, 0) is 14.3 Å². The standard InChI is InChI=1S/C9H13N3O4/c1-12-8(15)11-7(14)9(12)3-5(10-4-9)6(13)16-2/h5,10H,3-4H2,1-2H3,(H,11,14,15)/t5-,9?/m0/s1. The molecule has 16 heavy (non-hydrogen) atoms. The van der Waals surface area contributed by atoms with E-state index in [0.29, 0.717) is 0 Å². The second-order valence-corrected chi connectivity index (χ2v) is 4.01. The van der Waals surface area contributed by atoms with Crippen LogP contribution >= 0.6 is 0 Å². The first-order valence-corrected chi connectivity index (χ1v) is 4.92. The molecule has 2 fully saturated rings. The third-order valence-corrected chi connectivity index (χ3v) is 3.26. The van der Waals surface area contributed by atoms with Gasteiger partial charge in [0.15, 0.2) is 0 Å². The van der Waals surface area contributed by atoms with Crippen molar-refractivity contribution < 1.29 is 19.1 Å². The first-order valence-electron chi connectivity index (χ1n) is 4.92. The second-order valence-electron chi connectivity index (χ2n) is 4.01. The molecule has 0 aromatic carbocycles. The summed E-state index contributed by atoms with van der Waals surface area (Å²) in [7, 11) is 2.83. The molecule has 2 rings (SSSR count). The van der Waals surface area contributed by atoms with Crippen molar-refractivity contribution in [3.63, 3.8) is 0 Å². The number of carbonyl (C=O) groups excluding carboxylic acids is 3. The van der Waals surface area contributed by atoms with Crippen LogP contribution in [0.15, 0.2) is 0 Å². The van der Waals surface area contributed by atoms with Crippen molar-refractivity contribution in [3.8, 4) is 0 Å². The number of hydrogen-bond acceptors (Lipinski definition) is 5. The summed E-state index contributed by atoms with van der Waals surface area (Å²) in [6.45, 7) is 0.265. The Labute approximate surface area is 92.1 Å². The number of carbonyl (C=O) groups is 3. The van der Waals surface area contributed by atoms with Gasteiger partial charge in [0.2, 0.25) is 0 Å². The minimum absolute atomic E-state index is 0.244. The first-order chi connectivity index (χ1) is 7.51. The second kappa shape index (κ2) is 3.44. The molecule has 2 aliphatic rings. The van der Waals surface area contributed by atoms with Crippen molar-refractivity contribution in [1.82, 2.24) is 15.5 Å². The van der Waals surface area contributed by atoms with Crippen molar-refractivity contribution in [1.29, 1.82) is 0 Å².